The van der Waals surface area contributed by atoms with E-state index in [-0.39, 0.29) is 27.4 Å². The molecule has 0 saturated carbocycles. The van der Waals surface area contributed by atoms with Crippen molar-refractivity contribution >= 4 is 33.2 Å². The number of anilines is 1. The fourth-order valence-corrected chi connectivity index (χ4v) is 5.73. The van der Waals surface area contributed by atoms with Crippen LogP contribution in [-0.2, 0) is 10.0 Å². The van der Waals surface area contributed by atoms with Crippen LogP contribution in [0, 0.1) is 20.8 Å². The Kier molecular flexibility index (Phi) is 8.37. The van der Waals surface area contributed by atoms with Gasteiger partial charge in [-0.15, -0.1) is 0 Å². The van der Waals surface area contributed by atoms with Gasteiger partial charge in [-0.2, -0.15) is 0 Å². The molecule has 0 radical (unpaired) electrons. The summed E-state index contributed by atoms with van der Waals surface area (Å²) in [6.07, 6.45) is 0. The van der Waals surface area contributed by atoms with E-state index in [0.29, 0.717) is 5.69 Å². The van der Waals surface area contributed by atoms with Crippen LogP contribution in [0.3, 0.4) is 0 Å². The van der Waals surface area contributed by atoms with Gasteiger partial charge in [0.2, 0.25) is 0 Å². The number of carbonyl (C=O) groups excluding carboxylic acids is 1. The summed E-state index contributed by atoms with van der Waals surface area (Å²) in [4.78, 5) is 13.0. The van der Waals surface area contributed by atoms with Gasteiger partial charge in [0.1, 0.15) is 10.6 Å². The highest BCUT2D eigenvalue weighted by atomic mass is 35.5. The fourth-order valence-electron chi connectivity index (χ4n) is 4.08. The minimum absolute atomic E-state index is 0.0324. The first-order chi connectivity index (χ1) is 16.9. The van der Waals surface area contributed by atoms with E-state index in [4.69, 9.17) is 16.3 Å². The molecule has 36 heavy (non-hydrogen) atoms. The molecule has 0 aliphatic rings. The van der Waals surface area contributed by atoms with Crippen LogP contribution in [0.5, 0.6) is 5.75 Å². The maximum atomic E-state index is 13.2. The molecule has 0 spiro atoms. The topological polar surface area (TPSA) is 84.5 Å². The Morgan fingerprint density at radius 1 is 0.944 bits per heavy atom. The van der Waals surface area contributed by atoms with Gasteiger partial charge < -0.3 is 10.1 Å². The molecule has 0 bridgehead atoms. The maximum Gasteiger partial charge on any atom is 0.263 e. The standard InChI is InChI=1S/C28H33ClN2O4S/c1-16(2)22-15-23(18(4)13-26(22)35-7)20(6)30-28(32)21-11-12-24(29)27(14-21)36(33,34)31-25-10-8-9-17(3)19(25)5/h8-16,20,31H,1-7H3,(H,30,32). The van der Waals surface area contributed by atoms with Crippen LogP contribution in [0.15, 0.2) is 53.4 Å². The lowest BCUT2D eigenvalue weighted by atomic mass is 9.93. The molecule has 3 aromatic rings. The fraction of sp³-hybridized carbons (Fsp3) is 0.321. The Morgan fingerprint density at radius 3 is 2.28 bits per heavy atom. The molecule has 0 aliphatic carbocycles. The molecule has 8 heteroatoms. The third-order valence-corrected chi connectivity index (χ3v) is 8.23. The third kappa shape index (κ3) is 5.85. The van der Waals surface area contributed by atoms with Crippen LogP contribution in [0.25, 0.3) is 0 Å². The summed E-state index contributed by atoms with van der Waals surface area (Å²) in [5.74, 6) is 0.660. The van der Waals surface area contributed by atoms with Gasteiger partial charge in [-0.25, -0.2) is 8.42 Å². The van der Waals surface area contributed by atoms with E-state index in [1.807, 2.05) is 39.8 Å². The Morgan fingerprint density at radius 2 is 1.64 bits per heavy atom. The zero-order valence-electron chi connectivity index (χ0n) is 21.7. The Hall–Kier alpha value is -3.03. The first kappa shape index (κ1) is 27.6. The number of benzene rings is 3. The first-order valence-electron chi connectivity index (χ1n) is 11.7. The lowest BCUT2D eigenvalue weighted by Gasteiger charge is -2.21. The molecule has 0 aromatic heterocycles. The van der Waals surface area contributed by atoms with Crippen molar-refractivity contribution in [3.05, 3.63) is 86.9 Å². The van der Waals surface area contributed by atoms with Crippen LogP contribution in [0.1, 0.15) is 70.9 Å². The van der Waals surface area contributed by atoms with Crippen molar-refractivity contribution in [2.75, 3.05) is 11.8 Å². The molecule has 0 aliphatic heterocycles. The largest absolute Gasteiger partial charge is 0.496 e. The van der Waals surface area contributed by atoms with Crippen LogP contribution in [0.4, 0.5) is 5.69 Å². The summed E-state index contributed by atoms with van der Waals surface area (Å²) in [5, 5.41) is 3.02. The van der Waals surface area contributed by atoms with Crippen molar-refractivity contribution in [2.45, 2.75) is 58.4 Å². The van der Waals surface area contributed by atoms with Gasteiger partial charge in [-0.05, 0) is 97.8 Å². The predicted molar refractivity (Wildman–Crippen MR) is 146 cm³/mol. The molecule has 192 valence electrons. The van der Waals surface area contributed by atoms with Gasteiger partial charge in [0.05, 0.1) is 23.9 Å². The molecule has 6 nitrogen and oxygen atoms in total. The van der Waals surface area contributed by atoms with Crippen LogP contribution >= 0.6 is 11.6 Å². The lowest BCUT2D eigenvalue weighted by Crippen LogP contribution is -2.27. The van der Waals surface area contributed by atoms with Crippen molar-refractivity contribution in [3.63, 3.8) is 0 Å². The van der Waals surface area contributed by atoms with Crippen LogP contribution < -0.4 is 14.8 Å². The predicted octanol–water partition coefficient (Wildman–Crippen LogP) is 6.69. The number of nitrogens with one attached hydrogen (secondary N) is 2. The van der Waals surface area contributed by atoms with Gasteiger partial charge in [0.15, 0.2) is 0 Å². The molecule has 1 unspecified atom stereocenters. The normalized spacial score (nSPS) is 12.4. The van der Waals surface area contributed by atoms with Crippen LogP contribution in [0.2, 0.25) is 5.02 Å². The van der Waals surface area contributed by atoms with Crippen molar-refractivity contribution in [1.82, 2.24) is 5.32 Å². The van der Waals surface area contributed by atoms with Gasteiger partial charge >= 0.3 is 0 Å². The maximum absolute atomic E-state index is 13.2. The summed E-state index contributed by atoms with van der Waals surface area (Å²) in [5.41, 5.74) is 5.44. The summed E-state index contributed by atoms with van der Waals surface area (Å²) in [6.45, 7) is 11.8. The quantitative estimate of drug-likeness (QED) is 0.341. The minimum atomic E-state index is -4.03. The Labute approximate surface area is 219 Å². The summed E-state index contributed by atoms with van der Waals surface area (Å²) >= 11 is 6.26. The zero-order valence-corrected chi connectivity index (χ0v) is 23.3. The number of ether oxygens (including phenoxy) is 1. The molecule has 0 fully saturated rings. The number of carbonyl (C=O) groups is 1. The van der Waals surface area contributed by atoms with E-state index in [2.05, 4.69) is 30.0 Å². The SMILES string of the molecule is COc1cc(C)c(C(C)NC(=O)c2ccc(Cl)c(S(=O)(=O)Nc3cccc(C)c3C)c2)cc1C(C)C. The number of sulfonamides is 1. The van der Waals surface area contributed by atoms with E-state index in [0.717, 1.165) is 33.6 Å². The molecule has 1 amide bonds. The van der Waals surface area contributed by atoms with Gasteiger partial charge in [-0.3, -0.25) is 9.52 Å². The van der Waals surface area contributed by atoms with E-state index in [1.54, 1.807) is 19.2 Å². The second-order valence-corrected chi connectivity index (χ2v) is 11.4. The molecule has 0 saturated heterocycles. The monoisotopic (exact) mass is 528 g/mol. The zero-order chi connectivity index (χ0) is 26.8. The highest BCUT2D eigenvalue weighted by Crippen LogP contribution is 2.32. The minimum Gasteiger partial charge on any atom is -0.496 e. The molecule has 2 N–H and O–H groups in total. The molecule has 3 rings (SSSR count). The van der Waals surface area contributed by atoms with Crippen LogP contribution in [-0.4, -0.2) is 21.4 Å². The van der Waals surface area contributed by atoms with E-state index in [9.17, 15) is 13.2 Å². The van der Waals surface area contributed by atoms with Gasteiger partial charge in [0.25, 0.3) is 15.9 Å². The second kappa shape index (κ2) is 10.9. The number of amides is 1. The molecular weight excluding hydrogens is 496 g/mol. The Bertz CT molecular complexity index is 1400. The Balaban J connectivity index is 1.89. The number of methoxy groups -OCH3 is 1. The molecule has 3 aromatic carbocycles. The number of rotatable bonds is 8. The lowest BCUT2D eigenvalue weighted by molar-refractivity contribution is 0.0939. The number of hydrogen-bond donors (Lipinski definition) is 2. The molecule has 0 heterocycles. The van der Waals surface area contributed by atoms with Crippen molar-refractivity contribution < 1.29 is 17.9 Å². The average molecular weight is 529 g/mol. The van der Waals surface area contributed by atoms with Crippen molar-refractivity contribution in [3.8, 4) is 5.75 Å². The highest BCUT2D eigenvalue weighted by Gasteiger charge is 2.23. The average Bonchev–Trinajstić information content (AvgIpc) is 2.81. The smallest absolute Gasteiger partial charge is 0.263 e. The van der Waals surface area contributed by atoms with E-state index in [1.165, 1.54) is 18.2 Å². The third-order valence-electron chi connectivity index (χ3n) is 6.39. The number of halogens is 1. The first-order valence-corrected chi connectivity index (χ1v) is 13.6. The van der Waals surface area contributed by atoms with E-state index < -0.39 is 15.9 Å². The number of aryl methyl sites for hydroxylation is 2. The summed E-state index contributed by atoms with van der Waals surface area (Å²) < 4.78 is 34.5. The van der Waals surface area contributed by atoms with Gasteiger partial charge in [0, 0.05) is 5.56 Å². The van der Waals surface area contributed by atoms with Crippen molar-refractivity contribution in [2.24, 2.45) is 0 Å². The van der Waals surface area contributed by atoms with Crippen molar-refractivity contribution in [1.29, 1.82) is 0 Å². The number of hydrogen-bond acceptors (Lipinski definition) is 4. The second-order valence-electron chi connectivity index (χ2n) is 9.30. The van der Waals surface area contributed by atoms with E-state index >= 15 is 0 Å². The molecular formula is C28H33ClN2O4S. The molecule has 1 atom stereocenters. The highest BCUT2D eigenvalue weighted by molar-refractivity contribution is 7.92. The summed E-state index contributed by atoms with van der Waals surface area (Å²) in [6, 6.07) is 13.3. The van der Waals surface area contributed by atoms with Gasteiger partial charge in [-0.1, -0.05) is 37.6 Å². The summed E-state index contributed by atoms with van der Waals surface area (Å²) in [7, 11) is -2.38.